The summed E-state index contributed by atoms with van der Waals surface area (Å²) in [5.41, 5.74) is 0. The number of hydrogen-bond acceptors (Lipinski definition) is 0. The number of ketones is 6. The molecule has 0 aromatic heterocycles. The summed E-state index contributed by atoms with van der Waals surface area (Å²) in [5, 5.41) is 0. The summed E-state index contributed by atoms with van der Waals surface area (Å²) in [6, 6.07) is 0. The van der Waals surface area contributed by atoms with Gasteiger partial charge >= 0.3 is 56.5 Å². The topological polar surface area (TPSA) is 128 Å². The Bertz CT molecular complexity index is 726. The minimum absolute atomic E-state index is 0. The molecule has 0 aromatic carbocycles. The Morgan fingerprint density at radius 2 is 0.350 bits per heavy atom. The Morgan fingerprint density at radius 3 is 0.400 bits per heavy atom. The number of carbonyl (C=O) groups excluding carboxylic acids is 6. The molecule has 25 heteroatoms. The molecule has 0 amide bonds. The first-order valence-electron chi connectivity index (χ1n) is 7.98. The van der Waals surface area contributed by atoms with Crippen molar-refractivity contribution in [1.29, 1.82) is 0 Å². The van der Waals surface area contributed by atoms with Crippen molar-refractivity contribution in [3.8, 4) is 0 Å². The number of alkyl halides is 18. The molecule has 233 valence electrons. The van der Waals surface area contributed by atoms with E-state index >= 15 is 0 Å². The molecule has 0 bridgehead atoms. The Morgan fingerprint density at radius 1 is 0.275 bits per heavy atom. The molecular formula is C15H9F18O6Ru+6. The molecule has 0 aliphatic heterocycles. The van der Waals surface area contributed by atoms with Gasteiger partial charge in [0.1, 0.15) is 0 Å². The maximum atomic E-state index is 11.4. The SMILES string of the molecule is [OH+]=C([CH-]C(=[OH+])C(F)(F)F)C(F)(F)F.[OH+]=C([CH-]C(=[OH+])C(F)(F)F)C(F)(F)F.[OH+]=C([CH-]C(=[OH+])C(F)(F)F)C(F)(F)F.[Ru+3]. The van der Waals surface area contributed by atoms with E-state index in [0.29, 0.717) is 0 Å². The molecule has 0 aromatic rings. The molecule has 0 unspecified atom stereocenters. The van der Waals surface area contributed by atoms with Crippen LogP contribution in [0.5, 0.6) is 0 Å². The average Bonchev–Trinajstić information content (AvgIpc) is 2.64. The molecular weight excluding hydrogens is 719 g/mol. The van der Waals surface area contributed by atoms with Crippen LogP contribution in [0.25, 0.3) is 0 Å². The molecule has 1 radical (unpaired) electrons. The van der Waals surface area contributed by atoms with Crippen LogP contribution in [0.2, 0.25) is 0 Å². The third-order valence-corrected chi connectivity index (χ3v) is 2.56. The Kier molecular flexibility index (Phi) is 16.6. The Hall–Kier alpha value is -3.01. The van der Waals surface area contributed by atoms with Crippen molar-refractivity contribution in [2.24, 2.45) is 0 Å². The van der Waals surface area contributed by atoms with Crippen LogP contribution in [0.1, 0.15) is 0 Å². The number of hydrogen-bond donors (Lipinski definition) is 0. The van der Waals surface area contributed by atoms with Crippen LogP contribution in [0.3, 0.4) is 0 Å². The molecule has 6 nitrogen and oxygen atoms in total. The minimum Gasteiger partial charge on any atom is -0.306 e. The van der Waals surface area contributed by atoms with Gasteiger partial charge in [0.25, 0.3) is 34.7 Å². The van der Waals surface area contributed by atoms with Gasteiger partial charge in [0.05, 0.1) is 0 Å². The Labute approximate surface area is 219 Å². The third kappa shape index (κ3) is 20.0. The summed E-state index contributed by atoms with van der Waals surface area (Å²) in [6.45, 7) is 0. The monoisotopic (exact) mass is 729 g/mol. The van der Waals surface area contributed by atoms with Crippen molar-refractivity contribution >= 4 is 34.7 Å². The van der Waals surface area contributed by atoms with Gasteiger partial charge in [-0.3, -0.25) is 0 Å². The van der Waals surface area contributed by atoms with Gasteiger partial charge in [-0.15, -0.1) is 19.3 Å². The van der Waals surface area contributed by atoms with Gasteiger partial charge in [0.2, 0.25) is 0 Å². The van der Waals surface area contributed by atoms with E-state index in [9.17, 15) is 79.0 Å². The molecule has 0 heterocycles. The fourth-order valence-corrected chi connectivity index (χ4v) is 0.879. The maximum absolute atomic E-state index is 11.4. The Balaban J connectivity index is -0.000000240. The molecule has 0 fully saturated rings. The molecule has 0 spiro atoms. The van der Waals surface area contributed by atoms with Crippen LogP contribution in [0, 0.1) is 19.3 Å². The first-order valence-corrected chi connectivity index (χ1v) is 7.98. The number of rotatable bonds is 6. The second-order valence-corrected chi connectivity index (χ2v) is 5.73. The van der Waals surface area contributed by atoms with Gasteiger partial charge in [-0.05, 0) is 0 Å². The maximum Gasteiger partial charge on any atom is 3.00 e. The van der Waals surface area contributed by atoms with Crippen molar-refractivity contribution in [1.82, 2.24) is 0 Å². The van der Waals surface area contributed by atoms with Crippen molar-refractivity contribution < 1.29 is 127 Å². The summed E-state index contributed by atoms with van der Waals surface area (Å²) in [7, 11) is 0. The minimum atomic E-state index is -5.31. The third-order valence-electron chi connectivity index (χ3n) is 2.56. The smallest absolute Gasteiger partial charge is 0.306 e. The first kappa shape index (κ1) is 44.0. The molecule has 0 aliphatic carbocycles. The van der Waals surface area contributed by atoms with Gasteiger partial charge in [0.15, 0.2) is 0 Å². The molecule has 0 saturated heterocycles. The molecule has 0 atom stereocenters. The van der Waals surface area contributed by atoms with Crippen molar-refractivity contribution in [3.63, 3.8) is 0 Å². The van der Waals surface area contributed by atoms with E-state index in [-0.39, 0.29) is 19.5 Å². The predicted molar refractivity (Wildman–Crippen MR) is 90.9 cm³/mol. The first-order chi connectivity index (χ1) is 16.6. The van der Waals surface area contributed by atoms with E-state index in [1.807, 2.05) is 0 Å². The summed E-state index contributed by atoms with van der Waals surface area (Å²) in [6.07, 6.45) is -34.3. The largest absolute Gasteiger partial charge is 3.00 e. The number of halogens is 18. The van der Waals surface area contributed by atoms with E-state index in [1.54, 1.807) is 0 Å². The van der Waals surface area contributed by atoms with Crippen LogP contribution < -0.4 is 0 Å². The zero-order chi connectivity index (χ0) is 32.6. The summed E-state index contributed by atoms with van der Waals surface area (Å²) < 4.78 is 205. The van der Waals surface area contributed by atoms with Crippen molar-refractivity contribution in [3.05, 3.63) is 19.3 Å². The normalized spacial score (nSPS) is 12.2. The molecule has 40 heavy (non-hydrogen) atoms. The predicted octanol–water partition coefficient (Wildman–Crippen LogP) is 4.21. The van der Waals surface area contributed by atoms with Crippen LogP contribution in [0.15, 0.2) is 0 Å². The van der Waals surface area contributed by atoms with Crippen LogP contribution >= 0.6 is 0 Å². The van der Waals surface area contributed by atoms with Gasteiger partial charge in [-0.2, -0.15) is 79.0 Å². The van der Waals surface area contributed by atoms with E-state index < -0.39 is 91.0 Å². The zero-order valence-electron chi connectivity index (χ0n) is 17.6. The van der Waals surface area contributed by atoms with Crippen LogP contribution in [0.4, 0.5) is 79.0 Å². The van der Waals surface area contributed by atoms with E-state index in [0.717, 1.165) is 0 Å². The van der Waals surface area contributed by atoms with Gasteiger partial charge in [0, 0.05) is 0 Å². The second kappa shape index (κ2) is 15.1. The summed E-state index contributed by atoms with van der Waals surface area (Å²) >= 11 is 0. The molecule has 0 aliphatic rings. The quantitative estimate of drug-likeness (QED) is 0.128. The summed E-state index contributed by atoms with van der Waals surface area (Å²) in [5.74, 6) is -15.1. The van der Waals surface area contributed by atoms with Crippen molar-refractivity contribution in [2.75, 3.05) is 0 Å². The molecule has 0 rings (SSSR count). The van der Waals surface area contributed by atoms with E-state index in [1.165, 1.54) is 0 Å². The van der Waals surface area contributed by atoms with Gasteiger partial charge in [-0.1, -0.05) is 0 Å². The molecule has 6 N–H and O–H groups in total. The fourth-order valence-electron chi connectivity index (χ4n) is 0.879. The van der Waals surface area contributed by atoms with Crippen LogP contribution in [-0.4, -0.2) is 101 Å². The van der Waals surface area contributed by atoms with E-state index in [4.69, 9.17) is 28.8 Å². The average molecular weight is 728 g/mol. The summed E-state index contributed by atoms with van der Waals surface area (Å²) in [4.78, 5) is 47.8. The fraction of sp³-hybridized carbons (Fsp3) is 0.400. The standard InChI is InChI=1S/3C5HF6O2.Ru/c3*6-4(7,8)2(12)1-3(13)5(9,10)11;/h3*1H;/q3*-1;+3/p+6. The van der Waals surface area contributed by atoms with Crippen LogP contribution in [-0.2, 0) is 19.5 Å². The zero-order valence-corrected chi connectivity index (χ0v) is 19.3. The van der Waals surface area contributed by atoms with Gasteiger partial charge < -0.3 is 28.8 Å². The van der Waals surface area contributed by atoms with Gasteiger partial charge in [-0.25, -0.2) is 0 Å². The molecule has 0 saturated carbocycles. The second-order valence-electron chi connectivity index (χ2n) is 5.73. The van der Waals surface area contributed by atoms with E-state index in [2.05, 4.69) is 0 Å². The van der Waals surface area contributed by atoms with Crippen molar-refractivity contribution in [2.45, 2.75) is 37.1 Å².